The van der Waals surface area contributed by atoms with Gasteiger partial charge in [0.2, 0.25) is 11.7 Å². The van der Waals surface area contributed by atoms with E-state index < -0.39 is 27.3 Å². The molecule has 0 aliphatic carbocycles. The maximum atomic E-state index is 11.9. The molecule has 1 aromatic rings. The fourth-order valence-corrected chi connectivity index (χ4v) is 1.01. The van der Waals surface area contributed by atoms with Gasteiger partial charge in [-0.3, -0.25) is 0 Å². The molecule has 0 spiro atoms. The standard InChI is InChI=1S/C6H2F3N3O3S/c7-6(8,9)16(13,14)15-5-1-2-11-4(3-10)12-5/h1-2H. The molecule has 0 radical (unpaired) electrons. The molecule has 0 fully saturated rings. The molecule has 0 aliphatic heterocycles. The summed E-state index contributed by atoms with van der Waals surface area (Å²) in [7, 11) is -5.78. The van der Waals surface area contributed by atoms with Gasteiger partial charge in [0.25, 0.3) is 0 Å². The Hall–Kier alpha value is -1.89. The molecular formula is C6H2F3N3O3S. The molecule has 0 N–H and O–H groups in total. The highest BCUT2D eigenvalue weighted by Crippen LogP contribution is 2.25. The van der Waals surface area contributed by atoms with Crippen molar-refractivity contribution < 1.29 is 25.8 Å². The lowest BCUT2D eigenvalue weighted by atomic mass is 10.6. The van der Waals surface area contributed by atoms with Crippen molar-refractivity contribution in [3.05, 3.63) is 18.1 Å². The number of hydrogen-bond donors (Lipinski definition) is 0. The van der Waals surface area contributed by atoms with Crippen LogP contribution in [0.25, 0.3) is 0 Å². The van der Waals surface area contributed by atoms with Gasteiger partial charge in [0.1, 0.15) is 6.07 Å². The van der Waals surface area contributed by atoms with Gasteiger partial charge in [0, 0.05) is 12.3 Å². The number of rotatable bonds is 2. The van der Waals surface area contributed by atoms with Gasteiger partial charge in [-0.1, -0.05) is 0 Å². The molecule has 6 nitrogen and oxygen atoms in total. The third-order valence-corrected chi connectivity index (χ3v) is 2.17. The van der Waals surface area contributed by atoms with Gasteiger partial charge < -0.3 is 4.18 Å². The summed E-state index contributed by atoms with van der Waals surface area (Å²) >= 11 is 0. The molecule has 0 aromatic carbocycles. The van der Waals surface area contributed by atoms with Crippen LogP contribution >= 0.6 is 0 Å². The Kier molecular flexibility index (Phi) is 2.99. The van der Waals surface area contributed by atoms with Crippen LogP contribution in [0.4, 0.5) is 13.2 Å². The van der Waals surface area contributed by atoms with Crippen LogP contribution in [0.3, 0.4) is 0 Å². The molecule has 0 saturated carbocycles. The summed E-state index contributed by atoms with van der Waals surface area (Å²) in [5.41, 5.74) is -5.55. The zero-order chi connectivity index (χ0) is 12.4. The number of hydrogen-bond acceptors (Lipinski definition) is 6. The first kappa shape index (κ1) is 12.2. The molecule has 1 heterocycles. The molecule has 0 saturated heterocycles. The maximum Gasteiger partial charge on any atom is 0.534 e. The lowest BCUT2D eigenvalue weighted by molar-refractivity contribution is -0.0501. The fraction of sp³-hybridized carbons (Fsp3) is 0.167. The van der Waals surface area contributed by atoms with E-state index in [0.29, 0.717) is 0 Å². The molecule has 0 atom stereocenters. The fourth-order valence-electron chi connectivity index (χ4n) is 0.602. The van der Waals surface area contributed by atoms with Crippen molar-refractivity contribution in [2.45, 2.75) is 5.51 Å². The molecule has 0 bridgehead atoms. The van der Waals surface area contributed by atoms with Crippen molar-refractivity contribution in [3.8, 4) is 11.9 Å². The first-order valence-corrected chi connectivity index (χ1v) is 4.91. The number of nitriles is 1. The Bertz CT molecular complexity index is 534. The van der Waals surface area contributed by atoms with E-state index in [1.54, 1.807) is 0 Å². The Balaban J connectivity index is 3.03. The summed E-state index contributed by atoms with van der Waals surface area (Å²) in [6, 6.07) is 2.20. The number of aromatic nitrogens is 2. The number of nitrogens with zero attached hydrogens (tertiary/aromatic N) is 3. The average Bonchev–Trinajstić information content (AvgIpc) is 2.15. The van der Waals surface area contributed by atoms with E-state index in [0.717, 1.165) is 12.3 Å². The topological polar surface area (TPSA) is 92.9 Å². The quantitative estimate of drug-likeness (QED) is 0.565. The van der Waals surface area contributed by atoms with E-state index in [2.05, 4.69) is 14.2 Å². The van der Waals surface area contributed by atoms with Crippen LogP contribution in [-0.4, -0.2) is 23.9 Å². The van der Waals surface area contributed by atoms with Crippen LogP contribution in [0.5, 0.6) is 5.88 Å². The maximum absolute atomic E-state index is 11.9. The minimum Gasteiger partial charge on any atom is -0.355 e. The summed E-state index contributed by atoms with van der Waals surface area (Å²) < 4.78 is 60.4. The van der Waals surface area contributed by atoms with Crippen LogP contribution in [0, 0.1) is 11.3 Å². The summed E-state index contributed by atoms with van der Waals surface area (Å²) in [4.78, 5) is 6.44. The molecule has 0 unspecified atom stereocenters. The highest BCUT2D eigenvalue weighted by Gasteiger charge is 2.48. The predicted molar refractivity (Wildman–Crippen MR) is 42.3 cm³/mol. The van der Waals surface area contributed by atoms with Gasteiger partial charge in [-0.25, -0.2) is 4.98 Å². The monoisotopic (exact) mass is 253 g/mol. The normalized spacial score (nSPS) is 11.9. The minimum absolute atomic E-state index is 0.505. The van der Waals surface area contributed by atoms with Crippen molar-refractivity contribution in [2.24, 2.45) is 0 Å². The van der Waals surface area contributed by atoms with Crippen LogP contribution in [0.1, 0.15) is 5.82 Å². The van der Waals surface area contributed by atoms with Gasteiger partial charge in [-0.15, -0.1) is 0 Å². The number of alkyl halides is 3. The number of halogens is 3. The molecule has 16 heavy (non-hydrogen) atoms. The van der Waals surface area contributed by atoms with E-state index in [4.69, 9.17) is 5.26 Å². The van der Waals surface area contributed by atoms with Gasteiger partial charge in [-0.05, 0) is 0 Å². The lowest BCUT2D eigenvalue weighted by Gasteiger charge is -2.07. The molecular weight excluding hydrogens is 251 g/mol. The molecule has 10 heteroatoms. The Morgan fingerprint density at radius 1 is 1.44 bits per heavy atom. The molecule has 0 aliphatic rings. The van der Waals surface area contributed by atoms with Crippen molar-refractivity contribution in [1.29, 1.82) is 5.26 Å². The van der Waals surface area contributed by atoms with Crippen LogP contribution in [0.2, 0.25) is 0 Å². The van der Waals surface area contributed by atoms with Crippen molar-refractivity contribution in [1.82, 2.24) is 9.97 Å². The smallest absolute Gasteiger partial charge is 0.355 e. The minimum atomic E-state index is -5.78. The predicted octanol–water partition coefficient (Wildman–Crippen LogP) is 0.577. The second-order valence-corrected chi connectivity index (χ2v) is 3.85. The highest BCUT2D eigenvalue weighted by molar-refractivity contribution is 7.87. The van der Waals surface area contributed by atoms with Gasteiger partial charge in [-0.2, -0.15) is 31.8 Å². The first-order chi connectivity index (χ1) is 7.26. The zero-order valence-electron chi connectivity index (χ0n) is 7.26. The molecule has 86 valence electrons. The molecule has 1 rings (SSSR count). The second kappa shape index (κ2) is 3.93. The van der Waals surface area contributed by atoms with Crippen LogP contribution in [0.15, 0.2) is 12.3 Å². The van der Waals surface area contributed by atoms with Gasteiger partial charge in [0.05, 0.1) is 0 Å². The molecule has 1 aromatic heterocycles. The summed E-state index contributed by atoms with van der Waals surface area (Å²) in [5.74, 6) is -1.38. The Morgan fingerprint density at radius 2 is 2.06 bits per heavy atom. The van der Waals surface area contributed by atoms with Crippen LogP contribution in [-0.2, 0) is 10.1 Å². The third kappa shape index (κ3) is 2.57. The summed E-state index contributed by atoms with van der Waals surface area (Å²) in [5, 5.41) is 8.32. The summed E-state index contributed by atoms with van der Waals surface area (Å²) in [6.45, 7) is 0. The van der Waals surface area contributed by atoms with E-state index in [1.807, 2.05) is 0 Å². The van der Waals surface area contributed by atoms with Gasteiger partial charge in [0.15, 0.2) is 0 Å². The van der Waals surface area contributed by atoms with E-state index in [1.165, 1.54) is 6.07 Å². The first-order valence-electron chi connectivity index (χ1n) is 3.50. The third-order valence-electron chi connectivity index (χ3n) is 1.21. The van der Waals surface area contributed by atoms with Crippen molar-refractivity contribution in [2.75, 3.05) is 0 Å². The summed E-state index contributed by atoms with van der Waals surface area (Å²) in [6.07, 6.45) is 0.896. The Labute approximate surface area is 87.4 Å². The average molecular weight is 253 g/mol. The van der Waals surface area contributed by atoms with Crippen LogP contribution < -0.4 is 4.18 Å². The zero-order valence-corrected chi connectivity index (χ0v) is 8.08. The SMILES string of the molecule is N#Cc1nccc(OS(=O)(=O)C(F)(F)F)n1. The Morgan fingerprint density at radius 3 is 2.56 bits per heavy atom. The van der Waals surface area contributed by atoms with Crippen molar-refractivity contribution >= 4 is 10.1 Å². The molecule has 0 amide bonds. The van der Waals surface area contributed by atoms with E-state index in [-0.39, 0.29) is 0 Å². The van der Waals surface area contributed by atoms with E-state index >= 15 is 0 Å². The van der Waals surface area contributed by atoms with E-state index in [9.17, 15) is 21.6 Å². The highest BCUT2D eigenvalue weighted by atomic mass is 32.2. The lowest BCUT2D eigenvalue weighted by Crippen LogP contribution is -2.28. The van der Waals surface area contributed by atoms with Crippen molar-refractivity contribution in [3.63, 3.8) is 0 Å². The van der Waals surface area contributed by atoms with Gasteiger partial charge >= 0.3 is 15.6 Å². The largest absolute Gasteiger partial charge is 0.534 e. The second-order valence-electron chi connectivity index (χ2n) is 2.31.